The average molecular weight is 286 g/mol. The number of nitrogens with zero attached hydrogens (tertiary/aromatic N) is 5. The van der Waals surface area contributed by atoms with Crippen LogP contribution in [0.2, 0.25) is 0 Å². The van der Waals surface area contributed by atoms with Gasteiger partial charge in [0.25, 0.3) is 0 Å². The lowest BCUT2D eigenvalue weighted by atomic mass is 10.0. The molecule has 3 rings (SSSR count). The first-order valence-electron chi connectivity index (χ1n) is 7.50. The van der Waals surface area contributed by atoms with E-state index >= 15 is 0 Å². The van der Waals surface area contributed by atoms with Gasteiger partial charge in [0.1, 0.15) is 0 Å². The summed E-state index contributed by atoms with van der Waals surface area (Å²) < 4.78 is 1.93. The molecule has 21 heavy (non-hydrogen) atoms. The van der Waals surface area contributed by atoms with Crippen LogP contribution >= 0.6 is 0 Å². The maximum Gasteiger partial charge on any atom is 0.225 e. The molecular formula is C15H22N6. The third-order valence-electron chi connectivity index (χ3n) is 4.04. The number of aromatic nitrogens is 4. The second kappa shape index (κ2) is 6.22. The highest BCUT2D eigenvalue weighted by Gasteiger charge is 2.23. The van der Waals surface area contributed by atoms with Crippen LogP contribution in [0, 0.1) is 0 Å². The molecule has 0 spiro atoms. The molecule has 6 nitrogen and oxygen atoms in total. The molecule has 0 radical (unpaired) electrons. The Morgan fingerprint density at radius 2 is 2.10 bits per heavy atom. The Kier molecular flexibility index (Phi) is 4.15. The van der Waals surface area contributed by atoms with Crippen LogP contribution in [-0.2, 0) is 7.05 Å². The summed E-state index contributed by atoms with van der Waals surface area (Å²) >= 11 is 0. The minimum atomic E-state index is 0.291. The lowest BCUT2D eigenvalue weighted by molar-refractivity contribution is 0.377. The number of hydrogen-bond acceptors (Lipinski definition) is 5. The molecule has 112 valence electrons. The summed E-state index contributed by atoms with van der Waals surface area (Å²) in [5, 5.41) is 7.94. The van der Waals surface area contributed by atoms with Crippen molar-refractivity contribution in [3.63, 3.8) is 0 Å². The Balaban J connectivity index is 1.63. The highest BCUT2D eigenvalue weighted by atomic mass is 15.3. The van der Waals surface area contributed by atoms with Crippen molar-refractivity contribution in [1.82, 2.24) is 25.1 Å². The van der Waals surface area contributed by atoms with Crippen LogP contribution in [0.25, 0.3) is 0 Å². The molecule has 1 saturated heterocycles. The van der Waals surface area contributed by atoms with E-state index in [1.165, 1.54) is 12.1 Å². The van der Waals surface area contributed by atoms with Gasteiger partial charge < -0.3 is 10.2 Å². The molecule has 0 saturated carbocycles. The molecule has 1 N–H and O–H groups in total. The highest BCUT2D eigenvalue weighted by Crippen LogP contribution is 2.18. The zero-order valence-corrected chi connectivity index (χ0v) is 12.6. The van der Waals surface area contributed by atoms with Crippen LogP contribution < -0.4 is 10.2 Å². The van der Waals surface area contributed by atoms with Crippen molar-refractivity contribution in [2.75, 3.05) is 18.0 Å². The number of anilines is 1. The van der Waals surface area contributed by atoms with Gasteiger partial charge in [0.15, 0.2) is 0 Å². The smallest absolute Gasteiger partial charge is 0.225 e. The predicted molar refractivity (Wildman–Crippen MR) is 82.0 cm³/mol. The minimum absolute atomic E-state index is 0.291. The molecule has 0 bridgehead atoms. The number of nitrogens with one attached hydrogen (secondary N) is 1. The van der Waals surface area contributed by atoms with Crippen LogP contribution in [0.4, 0.5) is 5.95 Å². The lowest BCUT2D eigenvalue weighted by Crippen LogP contribution is -2.47. The van der Waals surface area contributed by atoms with Gasteiger partial charge in [-0.15, -0.1) is 0 Å². The molecule has 1 fully saturated rings. The van der Waals surface area contributed by atoms with Crippen LogP contribution in [-0.4, -0.2) is 38.9 Å². The topological polar surface area (TPSA) is 58.9 Å². The van der Waals surface area contributed by atoms with E-state index in [1.54, 1.807) is 12.4 Å². The van der Waals surface area contributed by atoms with Crippen LogP contribution in [0.1, 0.15) is 31.5 Å². The van der Waals surface area contributed by atoms with E-state index in [-0.39, 0.29) is 0 Å². The fourth-order valence-electron chi connectivity index (χ4n) is 3.00. The van der Waals surface area contributed by atoms with Gasteiger partial charge in [-0.1, -0.05) is 0 Å². The summed E-state index contributed by atoms with van der Waals surface area (Å²) in [6.45, 7) is 4.17. The summed E-state index contributed by atoms with van der Waals surface area (Å²) in [7, 11) is 1.98. The molecule has 3 heterocycles. The molecule has 2 atom stereocenters. The fraction of sp³-hybridized carbons (Fsp3) is 0.533. The summed E-state index contributed by atoms with van der Waals surface area (Å²) in [6, 6.07) is 4.67. The first-order valence-corrected chi connectivity index (χ1v) is 7.50. The molecule has 0 aliphatic carbocycles. The van der Waals surface area contributed by atoms with Crippen molar-refractivity contribution >= 4 is 5.95 Å². The van der Waals surface area contributed by atoms with E-state index in [1.807, 2.05) is 24.0 Å². The maximum absolute atomic E-state index is 4.35. The van der Waals surface area contributed by atoms with E-state index in [4.69, 9.17) is 0 Å². The monoisotopic (exact) mass is 286 g/mol. The highest BCUT2D eigenvalue weighted by molar-refractivity contribution is 5.29. The van der Waals surface area contributed by atoms with Gasteiger partial charge in [0.05, 0.1) is 5.69 Å². The molecule has 2 aromatic heterocycles. The Morgan fingerprint density at radius 1 is 1.29 bits per heavy atom. The molecule has 2 unspecified atom stereocenters. The van der Waals surface area contributed by atoms with Gasteiger partial charge in [-0.2, -0.15) is 5.10 Å². The summed E-state index contributed by atoms with van der Waals surface area (Å²) in [5.74, 6) is 0.831. The number of piperidine rings is 1. The van der Waals surface area contributed by atoms with Crippen molar-refractivity contribution < 1.29 is 0 Å². The van der Waals surface area contributed by atoms with Crippen LogP contribution in [0.5, 0.6) is 0 Å². The standard InChI is InChI=1S/C15H22N6/c1-12(14-6-9-18-20(14)2)19-13-5-3-10-21(11-13)15-16-7-4-8-17-15/h4,6-9,12-13,19H,3,5,10-11H2,1-2H3. The SMILES string of the molecule is CC(NC1CCCN(c2ncccn2)C1)c1ccnn1C. The Labute approximate surface area is 125 Å². The number of hydrogen-bond donors (Lipinski definition) is 1. The Bertz CT molecular complexity index is 567. The molecule has 2 aromatic rings. The zero-order chi connectivity index (χ0) is 14.7. The maximum atomic E-state index is 4.35. The Hall–Kier alpha value is -1.95. The predicted octanol–water partition coefficient (Wildman–Crippen LogP) is 1.53. The number of aryl methyl sites for hydroxylation is 1. The molecule has 0 amide bonds. The summed E-state index contributed by atoms with van der Waals surface area (Å²) in [5.41, 5.74) is 1.21. The quantitative estimate of drug-likeness (QED) is 0.923. The van der Waals surface area contributed by atoms with Crippen molar-refractivity contribution in [1.29, 1.82) is 0 Å². The van der Waals surface area contributed by atoms with Crippen molar-refractivity contribution in [3.8, 4) is 0 Å². The van der Waals surface area contributed by atoms with E-state index in [0.29, 0.717) is 12.1 Å². The molecule has 0 aromatic carbocycles. The third kappa shape index (κ3) is 3.21. The lowest BCUT2D eigenvalue weighted by Gasteiger charge is -2.34. The number of rotatable bonds is 4. The van der Waals surface area contributed by atoms with Crippen molar-refractivity contribution in [2.45, 2.75) is 31.8 Å². The first kappa shape index (κ1) is 14.0. The van der Waals surface area contributed by atoms with Gasteiger partial charge in [-0.25, -0.2) is 9.97 Å². The summed E-state index contributed by atoms with van der Waals surface area (Å²) in [4.78, 5) is 11.0. The van der Waals surface area contributed by atoms with Gasteiger partial charge in [-0.05, 0) is 31.9 Å². The fourth-order valence-corrected chi connectivity index (χ4v) is 3.00. The van der Waals surface area contributed by atoms with Gasteiger partial charge >= 0.3 is 0 Å². The molecule has 6 heteroatoms. The normalized spacial score (nSPS) is 20.5. The molecule has 1 aliphatic heterocycles. The first-order chi connectivity index (χ1) is 10.2. The second-order valence-corrected chi connectivity index (χ2v) is 5.60. The van der Waals surface area contributed by atoms with Gasteiger partial charge in [-0.3, -0.25) is 4.68 Å². The van der Waals surface area contributed by atoms with Gasteiger partial charge in [0.2, 0.25) is 5.95 Å². The zero-order valence-electron chi connectivity index (χ0n) is 12.6. The minimum Gasteiger partial charge on any atom is -0.339 e. The average Bonchev–Trinajstić information content (AvgIpc) is 2.95. The van der Waals surface area contributed by atoms with Crippen molar-refractivity contribution in [3.05, 3.63) is 36.4 Å². The van der Waals surface area contributed by atoms with E-state index in [0.717, 1.165) is 25.5 Å². The van der Waals surface area contributed by atoms with Crippen LogP contribution in [0.15, 0.2) is 30.7 Å². The Morgan fingerprint density at radius 3 is 2.81 bits per heavy atom. The largest absolute Gasteiger partial charge is 0.339 e. The van der Waals surface area contributed by atoms with Gasteiger partial charge in [0, 0.05) is 50.8 Å². The molecular weight excluding hydrogens is 264 g/mol. The van der Waals surface area contributed by atoms with E-state index in [2.05, 4.69) is 38.3 Å². The molecule has 1 aliphatic rings. The van der Waals surface area contributed by atoms with Crippen LogP contribution in [0.3, 0.4) is 0 Å². The summed E-state index contributed by atoms with van der Waals surface area (Å²) in [6.07, 6.45) is 7.80. The van der Waals surface area contributed by atoms with E-state index in [9.17, 15) is 0 Å². The second-order valence-electron chi connectivity index (χ2n) is 5.60. The van der Waals surface area contributed by atoms with E-state index < -0.39 is 0 Å². The third-order valence-corrected chi connectivity index (χ3v) is 4.04. The van der Waals surface area contributed by atoms with Crippen molar-refractivity contribution in [2.24, 2.45) is 7.05 Å².